The van der Waals surface area contributed by atoms with Gasteiger partial charge in [-0.05, 0) is 42.3 Å². The summed E-state index contributed by atoms with van der Waals surface area (Å²) in [5.74, 6) is 0.619. The molecule has 1 atom stereocenters. The number of oxazole rings is 1. The standard InChI is InChI=1S/C28H27FN2O5S/c1-20-25(30-26(36-20)22-9-5-3-6-10-22)17-18-35-24-15-13-21(14-16-24)19-28(29,23-11-7-4-8-12-23)27(32)31-37(2,33)34/h3-16H,17-19H2,1-2H3,(H,31,32). The van der Waals surface area contributed by atoms with Crippen molar-refractivity contribution in [2.45, 2.75) is 25.4 Å². The molecule has 4 aromatic rings. The van der Waals surface area contributed by atoms with Crippen molar-refractivity contribution >= 4 is 15.9 Å². The molecule has 0 aliphatic carbocycles. The first-order valence-electron chi connectivity index (χ1n) is 11.6. The van der Waals surface area contributed by atoms with Crippen LogP contribution in [0.2, 0.25) is 0 Å². The van der Waals surface area contributed by atoms with Crippen LogP contribution >= 0.6 is 0 Å². The first kappa shape index (κ1) is 26.1. The average Bonchev–Trinajstić information content (AvgIpc) is 3.25. The van der Waals surface area contributed by atoms with E-state index in [0.29, 0.717) is 30.2 Å². The van der Waals surface area contributed by atoms with Crippen LogP contribution in [-0.4, -0.2) is 32.2 Å². The number of hydrogen-bond acceptors (Lipinski definition) is 6. The summed E-state index contributed by atoms with van der Waals surface area (Å²) in [5, 5.41) is 0. The molecule has 1 heterocycles. The van der Waals surface area contributed by atoms with E-state index in [0.717, 1.165) is 23.3 Å². The van der Waals surface area contributed by atoms with Gasteiger partial charge in [0.05, 0.1) is 18.6 Å². The number of hydrogen-bond donors (Lipinski definition) is 1. The van der Waals surface area contributed by atoms with Crippen molar-refractivity contribution in [1.82, 2.24) is 9.71 Å². The van der Waals surface area contributed by atoms with Gasteiger partial charge in [-0.15, -0.1) is 0 Å². The lowest BCUT2D eigenvalue weighted by Gasteiger charge is -2.24. The molecule has 192 valence electrons. The molecule has 0 bridgehead atoms. The predicted octanol–water partition coefficient (Wildman–Crippen LogP) is 4.75. The second-order valence-electron chi connectivity index (χ2n) is 8.68. The molecule has 1 amide bonds. The molecule has 1 aromatic heterocycles. The summed E-state index contributed by atoms with van der Waals surface area (Å²) in [6.07, 6.45) is 1.00. The van der Waals surface area contributed by atoms with Gasteiger partial charge in [0.25, 0.3) is 5.91 Å². The molecule has 3 aromatic carbocycles. The SMILES string of the molecule is Cc1oc(-c2ccccc2)nc1CCOc1ccc(CC(F)(C(=O)NS(C)(=O)=O)c2ccccc2)cc1. The summed E-state index contributed by atoms with van der Waals surface area (Å²) >= 11 is 0. The van der Waals surface area contributed by atoms with Gasteiger partial charge in [-0.2, -0.15) is 0 Å². The van der Waals surface area contributed by atoms with Crippen molar-refractivity contribution in [3.8, 4) is 17.2 Å². The Morgan fingerprint density at radius 2 is 1.62 bits per heavy atom. The van der Waals surface area contributed by atoms with E-state index in [1.807, 2.05) is 37.3 Å². The predicted molar refractivity (Wildman–Crippen MR) is 138 cm³/mol. The number of sulfonamides is 1. The molecular weight excluding hydrogens is 495 g/mol. The lowest BCUT2D eigenvalue weighted by atomic mass is 9.88. The lowest BCUT2D eigenvalue weighted by molar-refractivity contribution is -0.131. The molecule has 37 heavy (non-hydrogen) atoms. The zero-order valence-corrected chi connectivity index (χ0v) is 21.3. The molecule has 0 spiro atoms. The van der Waals surface area contributed by atoms with Crippen LogP contribution in [0.5, 0.6) is 5.75 Å². The zero-order chi connectivity index (χ0) is 26.5. The number of amides is 1. The van der Waals surface area contributed by atoms with E-state index in [2.05, 4.69) is 4.98 Å². The second kappa shape index (κ2) is 11.0. The largest absolute Gasteiger partial charge is 0.493 e. The van der Waals surface area contributed by atoms with Crippen LogP contribution in [0.3, 0.4) is 0 Å². The van der Waals surface area contributed by atoms with Crippen LogP contribution in [-0.2, 0) is 33.3 Å². The van der Waals surface area contributed by atoms with Gasteiger partial charge in [0.2, 0.25) is 21.6 Å². The molecule has 0 saturated carbocycles. The van der Waals surface area contributed by atoms with Crippen molar-refractivity contribution < 1.29 is 26.8 Å². The fraction of sp³-hybridized carbons (Fsp3) is 0.214. The van der Waals surface area contributed by atoms with Gasteiger partial charge in [-0.25, -0.2) is 17.8 Å². The Balaban J connectivity index is 1.41. The molecular formula is C28H27FN2O5S. The van der Waals surface area contributed by atoms with Crippen LogP contribution in [0.1, 0.15) is 22.6 Å². The fourth-order valence-corrected chi connectivity index (χ4v) is 4.38. The van der Waals surface area contributed by atoms with Crippen LogP contribution in [0.15, 0.2) is 89.3 Å². The molecule has 0 aliphatic rings. The minimum Gasteiger partial charge on any atom is -0.493 e. The maximum Gasteiger partial charge on any atom is 0.276 e. The molecule has 1 N–H and O–H groups in total. The highest BCUT2D eigenvalue weighted by molar-refractivity contribution is 7.89. The van der Waals surface area contributed by atoms with Gasteiger partial charge in [0.15, 0.2) is 0 Å². The summed E-state index contributed by atoms with van der Waals surface area (Å²) in [5.41, 5.74) is -0.305. The number of benzene rings is 3. The monoisotopic (exact) mass is 522 g/mol. The normalized spacial score (nSPS) is 13.1. The number of nitrogens with one attached hydrogen (secondary N) is 1. The number of ether oxygens (including phenoxy) is 1. The Kier molecular flexibility index (Phi) is 7.73. The van der Waals surface area contributed by atoms with Gasteiger partial charge < -0.3 is 9.15 Å². The van der Waals surface area contributed by atoms with Crippen LogP contribution < -0.4 is 9.46 Å². The molecule has 0 aliphatic heterocycles. The number of alkyl halides is 1. The first-order valence-corrected chi connectivity index (χ1v) is 13.5. The Morgan fingerprint density at radius 1 is 1.00 bits per heavy atom. The fourth-order valence-electron chi connectivity index (χ4n) is 3.88. The van der Waals surface area contributed by atoms with Crippen molar-refractivity contribution in [2.75, 3.05) is 12.9 Å². The van der Waals surface area contributed by atoms with Crippen molar-refractivity contribution in [2.24, 2.45) is 0 Å². The lowest BCUT2D eigenvalue weighted by Crippen LogP contribution is -2.45. The van der Waals surface area contributed by atoms with E-state index in [1.54, 1.807) is 47.2 Å². The van der Waals surface area contributed by atoms with E-state index in [9.17, 15) is 13.2 Å². The smallest absolute Gasteiger partial charge is 0.276 e. The van der Waals surface area contributed by atoms with E-state index in [-0.39, 0.29) is 12.0 Å². The highest BCUT2D eigenvalue weighted by Crippen LogP contribution is 2.32. The number of aryl methyl sites for hydroxylation is 1. The number of rotatable bonds is 10. The topological polar surface area (TPSA) is 98.5 Å². The Hall–Kier alpha value is -3.98. The van der Waals surface area contributed by atoms with Crippen molar-refractivity contribution in [3.05, 3.63) is 108 Å². The average molecular weight is 523 g/mol. The molecule has 0 radical (unpaired) electrons. The minimum atomic E-state index is -3.94. The molecule has 9 heteroatoms. The Bertz CT molecular complexity index is 1460. The van der Waals surface area contributed by atoms with E-state index in [1.165, 1.54) is 12.1 Å². The summed E-state index contributed by atoms with van der Waals surface area (Å²) < 4.78 is 52.6. The third kappa shape index (κ3) is 6.62. The van der Waals surface area contributed by atoms with Crippen molar-refractivity contribution in [3.63, 3.8) is 0 Å². The van der Waals surface area contributed by atoms with Gasteiger partial charge in [-0.1, -0.05) is 60.7 Å². The van der Waals surface area contributed by atoms with E-state index < -0.39 is 21.6 Å². The van der Waals surface area contributed by atoms with Gasteiger partial charge >= 0.3 is 0 Å². The Labute approximate surface area is 215 Å². The van der Waals surface area contributed by atoms with Crippen LogP contribution in [0.25, 0.3) is 11.5 Å². The third-order valence-corrected chi connectivity index (χ3v) is 6.32. The maximum absolute atomic E-state index is 16.1. The number of nitrogens with zero attached hydrogens (tertiary/aromatic N) is 1. The van der Waals surface area contributed by atoms with Gasteiger partial charge in [-0.3, -0.25) is 9.52 Å². The summed E-state index contributed by atoms with van der Waals surface area (Å²) in [4.78, 5) is 17.2. The molecule has 1 unspecified atom stereocenters. The molecule has 4 rings (SSSR count). The number of halogens is 1. The molecule has 7 nitrogen and oxygen atoms in total. The van der Waals surface area contributed by atoms with Crippen LogP contribution in [0, 0.1) is 6.92 Å². The van der Waals surface area contributed by atoms with Gasteiger partial charge in [0, 0.05) is 18.4 Å². The minimum absolute atomic E-state index is 0.0642. The zero-order valence-electron chi connectivity index (χ0n) is 20.5. The summed E-state index contributed by atoms with van der Waals surface area (Å²) in [7, 11) is -3.94. The van der Waals surface area contributed by atoms with Crippen LogP contribution in [0.4, 0.5) is 4.39 Å². The number of carbonyl (C=O) groups is 1. The molecule has 0 saturated heterocycles. The highest BCUT2D eigenvalue weighted by atomic mass is 32.2. The van der Waals surface area contributed by atoms with E-state index in [4.69, 9.17) is 9.15 Å². The van der Waals surface area contributed by atoms with Crippen molar-refractivity contribution in [1.29, 1.82) is 0 Å². The highest BCUT2D eigenvalue weighted by Gasteiger charge is 2.42. The van der Waals surface area contributed by atoms with E-state index >= 15 is 4.39 Å². The first-order chi connectivity index (χ1) is 17.6. The number of carbonyl (C=O) groups excluding carboxylic acids is 1. The maximum atomic E-state index is 16.1. The summed E-state index contributed by atoms with van der Waals surface area (Å²) in [6.45, 7) is 2.22. The molecule has 0 fully saturated rings. The quantitative estimate of drug-likeness (QED) is 0.323. The second-order valence-corrected chi connectivity index (χ2v) is 10.4. The summed E-state index contributed by atoms with van der Waals surface area (Å²) in [6, 6.07) is 24.1. The third-order valence-electron chi connectivity index (χ3n) is 5.76. The number of aromatic nitrogens is 1. The van der Waals surface area contributed by atoms with Gasteiger partial charge in [0.1, 0.15) is 11.5 Å². The Morgan fingerprint density at radius 3 is 2.24 bits per heavy atom.